The molecule has 0 amide bonds. The van der Waals surface area contributed by atoms with Crippen molar-refractivity contribution in [1.82, 2.24) is 0 Å². The number of ether oxygens (including phenoxy) is 3. The summed E-state index contributed by atoms with van der Waals surface area (Å²) in [6.07, 6.45) is -3.14. The molecule has 8 heteroatoms. The molecule has 0 unspecified atom stereocenters. The molecule has 0 aromatic heterocycles. The number of rotatable bonds is 11. The SMILES string of the molecule is C[Si](C)(C)O[C@@H]1[C@H](O[Si](C)(C)C)[C@@H](O)O[C@H](COCc2ccccc2)[C@H]1OCc1ccccc1. The molecule has 1 fully saturated rings. The van der Waals surface area contributed by atoms with Crippen molar-refractivity contribution < 1.29 is 28.2 Å². The molecule has 0 aliphatic carbocycles. The molecular weight excluding hydrogens is 464 g/mol. The van der Waals surface area contributed by atoms with Crippen LogP contribution in [0, 0.1) is 0 Å². The molecule has 1 aliphatic rings. The van der Waals surface area contributed by atoms with Crippen molar-refractivity contribution >= 4 is 16.6 Å². The molecule has 1 aliphatic heterocycles. The van der Waals surface area contributed by atoms with Gasteiger partial charge in [-0.1, -0.05) is 60.7 Å². The van der Waals surface area contributed by atoms with Crippen LogP contribution in [0.2, 0.25) is 39.3 Å². The van der Waals surface area contributed by atoms with Crippen LogP contribution in [0.25, 0.3) is 0 Å². The van der Waals surface area contributed by atoms with Crippen molar-refractivity contribution in [2.75, 3.05) is 6.61 Å². The van der Waals surface area contributed by atoms with Gasteiger partial charge in [-0.05, 0) is 50.4 Å². The number of hydrogen-bond acceptors (Lipinski definition) is 6. The molecule has 5 atom stereocenters. The van der Waals surface area contributed by atoms with E-state index in [9.17, 15) is 5.11 Å². The molecule has 1 N–H and O–H groups in total. The topological polar surface area (TPSA) is 66.4 Å². The highest BCUT2D eigenvalue weighted by Crippen LogP contribution is 2.32. The first-order valence-electron chi connectivity index (χ1n) is 12.0. The van der Waals surface area contributed by atoms with Gasteiger partial charge < -0.3 is 28.2 Å². The first kappa shape index (κ1) is 27.2. The fraction of sp³-hybridized carbons (Fsp3) is 0.538. The van der Waals surface area contributed by atoms with Crippen LogP contribution < -0.4 is 0 Å². The van der Waals surface area contributed by atoms with Crippen molar-refractivity contribution in [2.24, 2.45) is 0 Å². The molecule has 1 saturated heterocycles. The quantitative estimate of drug-likeness (QED) is 0.437. The van der Waals surface area contributed by atoms with E-state index in [0.29, 0.717) is 13.2 Å². The molecule has 0 radical (unpaired) electrons. The minimum atomic E-state index is -2.01. The second kappa shape index (κ2) is 12.1. The van der Waals surface area contributed by atoms with Gasteiger partial charge >= 0.3 is 0 Å². The van der Waals surface area contributed by atoms with E-state index in [4.69, 9.17) is 23.1 Å². The minimum Gasteiger partial charge on any atom is -0.409 e. The van der Waals surface area contributed by atoms with E-state index in [1.807, 2.05) is 60.7 Å². The minimum absolute atomic E-state index is 0.274. The zero-order chi connectivity index (χ0) is 24.8. The molecule has 188 valence electrons. The average Bonchev–Trinajstić information content (AvgIpc) is 2.76. The Labute approximate surface area is 206 Å². The normalized spacial score (nSPS) is 25.9. The van der Waals surface area contributed by atoms with E-state index in [0.717, 1.165) is 11.1 Å². The molecule has 0 spiro atoms. The Hall–Kier alpha value is -1.37. The van der Waals surface area contributed by atoms with Gasteiger partial charge in [-0.15, -0.1) is 0 Å². The fourth-order valence-corrected chi connectivity index (χ4v) is 6.09. The van der Waals surface area contributed by atoms with Crippen LogP contribution in [0.5, 0.6) is 0 Å². The van der Waals surface area contributed by atoms with Gasteiger partial charge in [0.15, 0.2) is 22.9 Å². The van der Waals surface area contributed by atoms with Crippen LogP contribution in [0.4, 0.5) is 0 Å². The summed E-state index contributed by atoms with van der Waals surface area (Å²) >= 11 is 0. The van der Waals surface area contributed by atoms with Crippen LogP contribution in [0.1, 0.15) is 11.1 Å². The van der Waals surface area contributed by atoms with Crippen LogP contribution in [-0.4, -0.2) is 59.1 Å². The van der Waals surface area contributed by atoms with Gasteiger partial charge in [-0.25, -0.2) is 0 Å². The van der Waals surface area contributed by atoms with Gasteiger partial charge in [-0.3, -0.25) is 0 Å². The Morgan fingerprint density at radius 1 is 0.706 bits per heavy atom. The highest BCUT2D eigenvalue weighted by molar-refractivity contribution is 6.70. The van der Waals surface area contributed by atoms with E-state index in [1.54, 1.807) is 0 Å². The number of aliphatic hydroxyl groups is 1. The monoisotopic (exact) mass is 504 g/mol. The van der Waals surface area contributed by atoms with Gasteiger partial charge in [0.25, 0.3) is 0 Å². The summed E-state index contributed by atoms with van der Waals surface area (Å²) in [7, 11) is -4.01. The van der Waals surface area contributed by atoms with E-state index in [1.165, 1.54) is 0 Å². The van der Waals surface area contributed by atoms with Gasteiger partial charge in [-0.2, -0.15) is 0 Å². The van der Waals surface area contributed by atoms with Gasteiger partial charge in [0.05, 0.1) is 19.8 Å². The summed E-state index contributed by atoms with van der Waals surface area (Å²) in [5.41, 5.74) is 2.14. The smallest absolute Gasteiger partial charge is 0.184 e. The van der Waals surface area contributed by atoms with Crippen molar-refractivity contribution in [2.45, 2.75) is 83.2 Å². The Balaban J connectivity index is 1.82. The molecule has 34 heavy (non-hydrogen) atoms. The lowest BCUT2D eigenvalue weighted by molar-refractivity contribution is -0.291. The molecule has 2 aromatic rings. The number of aliphatic hydroxyl groups excluding tert-OH is 1. The largest absolute Gasteiger partial charge is 0.409 e. The number of hydrogen-bond donors (Lipinski definition) is 1. The zero-order valence-corrected chi connectivity index (χ0v) is 23.3. The Morgan fingerprint density at radius 3 is 1.74 bits per heavy atom. The average molecular weight is 505 g/mol. The van der Waals surface area contributed by atoms with Gasteiger partial charge in [0.1, 0.15) is 24.4 Å². The van der Waals surface area contributed by atoms with E-state index in [-0.39, 0.29) is 6.61 Å². The predicted molar refractivity (Wildman–Crippen MR) is 138 cm³/mol. The first-order chi connectivity index (χ1) is 16.0. The lowest BCUT2D eigenvalue weighted by Crippen LogP contribution is -2.64. The van der Waals surface area contributed by atoms with E-state index in [2.05, 4.69) is 39.3 Å². The lowest BCUT2D eigenvalue weighted by atomic mass is 9.99. The lowest BCUT2D eigenvalue weighted by Gasteiger charge is -2.48. The molecule has 0 saturated carbocycles. The Morgan fingerprint density at radius 2 is 1.21 bits per heavy atom. The second-order valence-electron chi connectivity index (χ2n) is 10.7. The maximum atomic E-state index is 11.0. The number of benzene rings is 2. The van der Waals surface area contributed by atoms with Crippen LogP contribution in [-0.2, 0) is 36.3 Å². The van der Waals surface area contributed by atoms with E-state index >= 15 is 0 Å². The third-order valence-corrected chi connectivity index (χ3v) is 7.23. The standard InChI is InChI=1S/C26H40O6Si2/c1-33(2,3)31-24-23(29-18-21-15-11-8-12-16-21)22(19-28-17-20-13-9-7-10-14-20)30-26(27)25(24)32-34(4,5)6/h7-16,22-27H,17-19H2,1-6H3/t22-,23-,24+,25+,26+/m1/s1. The second-order valence-corrected chi connectivity index (χ2v) is 19.6. The molecule has 0 bridgehead atoms. The highest BCUT2D eigenvalue weighted by Gasteiger charge is 2.50. The summed E-state index contributed by atoms with van der Waals surface area (Å²) in [6.45, 7) is 13.8. The van der Waals surface area contributed by atoms with Gasteiger partial charge in [0, 0.05) is 0 Å². The molecular formula is C26H40O6Si2. The van der Waals surface area contributed by atoms with Crippen molar-refractivity contribution in [3.63, 3.8) is 0 Å². The van der Waals surface area contributed by atoms with Crippen LogP contribution >= 0.6 is 0 Å². The van der Waals surface area contributed by atoms with E-state index < -0.39 is 47.3 Å². The first-order valence-corrected chi connectivity index (χ1v) is 18.8. The van der Waals surface area contributed by atoms with Crippen LogP contribution in [0.15, 0.2) is 60.7 Å². The predicted octanol–water partition coefficient (Wildman–Crippen LogP) is 4.95. The summed E-state index contributed by atoms with van der Waals surface area (Å²) < 4.78 is 31.5. The van der Waals surface area contributed by atoms with Crippen molar-refractivity contribution in [3.8, 4) is 0 Å². The van der Waals surface area contributed by atoms with Crippen molar-refractivity contribution in [3.05, 3.63) is 71.8 Å². The molecule has 1 heterocycles. The third kappa shape index (κ3) is 8.69. The maximum absolute atomic E-state index is 11.0. The zero-order valence-electron chi connectivity index (χ0n) is 21.3. The summed E-state index contributed by atoms with van der Waals surface area (Å²) in [6, 6.07) is 20.0. The summed E-state index contributed by atoms with van der Waals surface area (Å²) in [4.78, 5) is 0. The Bertz CT molecular complexity index is 853. The fourth-order valence-electron chi connectivity index (χ4n) is 3.94. The Kier molecular flexibility index (Phi) is 9.65. The van der Waals surface area contributed by atoms with Crippen LogP contribution in [0.3, 0.4) is 0 Å². The molecule has 6 nitrogen and oxygen atoms in total. The molecule has 2 aromatic carbocycles. The summed E-state index contributed by atoms with van der Waals surface area (Å²) in [5, 5.41) is 11.0. The van der Waals surface area contributed by atoms with Gasteiger partial charge in [0.2, 0.25) is 0 Å². The molecule has 3 rings (SSSR count). The summed E-state index contributed by atoms with van der Waals surface area (Å²) in [5.74, 6) is 0. The highest BCUT2D eigenvalue weighted by atomic mass is 28.4. The van der Waals surface area contributed by atoms with Crippen molar-refractivity contribution in [1.29, 1.82) is 0 Å². The third-order valence-electron chi connectivity index (χ3n) is 5.27. The maximum Gasteiger partial charge on any atom is 0.184 e.